The fourth-order valence-electron chi connectivity index (χ4n) is 3.77. The van der Waals surface area contributed by atoms with Gasteiger partial charge in [-0.1, -0.05) is 53.9 Å². The Bertz CT molecular complexity index is 171. The molecule has 0 heteroatoms. The second-order valence-corrected chi connectivity index (χ2v) is 6.09. The molecule has 4 unspecified atom stereocenters. The van der Waals surface area contributed by atoms with Crippen LogP contribution >= 0.6 is 0 Å². The van der Waals surface area contributed by atoms with Crippen LogP contribution in [0, 0.1) is 29.6 Å². The molecule has 0 N–H and O–H groups in total. The summed E-state index contributed by atoms with van der Waals surface area (Å²) >= 11 is 0. The highest BCUT2D eigenvalue weighted by Crippen LogP contribution is 2.44. The molecular formula is C15H30. The van der Waals surface area contributed by atoms with Crippen LogP contribution < -0.4 is 0 Å². The molecule has 90 valence electrons. The van der Waals surface area contributed by atoms with E-state index in [-0.39, 0.29) is 0 Å². The lowest BCUT2D eigenvalue weighted by molar-refractivity contribution is 0.0752. The van der Waals surface area contributed by atoms with E-state index in [0.717, 1.165) is 29.6 Å². The summed E-state index contributed by atoms with van der Waals surface area (Å²) < 4.78 is 0. The zero-order valence-electron chi connectivity index (χ0n) is 11.4. The molecule has 0 radical (unpaired) electrons. The van der Waals surface area contributed by atoms with E-state index in [1.807, 2.05) is 0 Å². The number of rotatable bonds is 4. The molecule has 0 amide bonds. The van der Waals surface area contributed by atoms with Crippen LogP contribution in [0.3, 0.4) is 0 Å². The summed E-state index contributed by atoms with van der Waals surface area (Å²) in [6.45, 7) is 12.0. The quantitative estimate of drug-likeness (QED) is 0.603. The summed E-state index contributed by atoms with van der Waals surface area (Å²) in [5.41, 5.74) is 0. The molecule has 0 nitrogen and oxygen atoms in total. The Morgan fingerprint density at radius 1 is 1.00 bits per heavy atom. The Morgan fingerprint density at radius 3 is 2.13 bits per heavy atom. The van der Waals surface area contributed by atoms with Gasteiger partial charge in [0.25, 0.3) is 0 Å². The highest BCUT2D eigenvalue weighted by Gasteiger charge is 2.35. The molecule has 1 fully saturated rings. The molecule has 1 rings (SSSR count). The van der Waals surface area contributed by atoms with Gasteiger partial charge in [0.05, 0.1) is 0 Å². The van der Waals surface area contributed by atoms with Gasteiger partial charge < -0.3 is 0 Å². The number of hydrogen-bond acceptors (Lipinski definition) is 0. The molecule has 0 aromatic carbocycles. The maximum atomic E-state index is 2.49. The third-order valence-electron chi connectivity index (χ3n) is 4.62. The summed E-state index contributed by atoms with van der Waals surface area (Å²) in [5, 5.41) is 0. The minimum Gasteiger partial charge on any atom is -0.0651 e. The molecule has 15 heavy (non-hydrogen) atoms. The van der Waals surface area contributed by atoms with Crippen LogP contribution in [0.1, 0.15) is 66.7 Å². The van der Waals surface area contributed by atoms with Gasteiger partial charge in [-0.05, 0) is 42.4 Å². The molecule has 0 aromatic heterocycles. The van der Waals surface area contributed by atoms with Crippen LogP contribution in [0.15, 0.2) is 0 Å². The monoisotopic (exact) mass is 210 g/mol. The van der Waals surface area contributed by atoms with Gasteiger partial charge >= 0.3 is 0 Å². The van der Waals surface area contributed by atoms with Crippen molar-refractivity contribution in [3.05, 3.63) is 0 Å². The van der Waals surface area contributed by atoms with E-state index in [4.69, 9.17) is 0 Å². The van der Waals surface area contributed by atoms with Crippen LogP contribution in [0.5, 0.6) is 0 Å². The zero-order valence-corrected chi connectivity index (χ0v) is 11.4. The second kappa shape index (κ2) is 5.92. The van der Waals surface area contributed by atoms with E-state index in [2.05, 4.69) is 34.6 Å². The third kappa shape index (κ3) is 3.23. The SMILES string of the molecule is CCC1CCC(C)C(CC(C)C)C1CC. The predicted molar refractivity (Wildman–Crippen MR) is 68.9 cm³/mol. The van der Waals surface area contributed by atoms with E-state index in [0.29, 0.717) is 0 Å². The lowest BCUT2D eigenvalue weighted by atomic mass is 9.63. The van der Waals surface area contributed by atoms with Gasteiger partial charge in [0.15, 0.2) is 0 Å². The van der Waals surface area contributed by atoms with Gasteiger partial charge in [0, 0.05) is 0 Å². The van der Waals surface area contributed by atoms with Crippen molar-refractivity contribution >= 4 is 0 Å². The first-order chi connectivity index (χ1) is 7.10. The summed E-state index contributed by atoms with van der Waals surface area (Å²) in [7, 11) is 0. The normalized spacial score (nSPS) is 37.2. The van der Waals surface area contributed by atoms with Crippen molar-refractivity contribution in [2.45, 2.75) is 66.7 Å². The van der Waals surface area contributed by atoms with Crippen molar-refractivity contribution in [1.29, 1.82) is 0 Å². The molecular weight excluding hydrogens is 180 g/mol. The van der Waals surface area contributed by atoms with Gasteiger partial charge in [-0.15, -0.1) is 0 Å². The maximum Gasteiger partial charge on any atom is -0.0355 e. The molecule has 0 heterocycles. The molecule has 0 spiro atoms. The molecule has 0 aliphatic heterocycles. The van der Waals surface area contributed by atoms with Crippen molar-refractivity contribution < 1.29 is 0 Å². The molecule has 1 saturated carbocycles. The first-order valence-electron chi connectivity index (χ1n) is 7.10. The number of hydrogen-bond donors (Lipinski definition) is 0. The van der Waals surface area contributed by atoms with Crippen molar-refractivity contribution in [2.24, 2.45) is 29.6 Å². The van der Waals surface area contributed by atoms with E-state index in [1.54, 1.807) is 0 Å². The van der Waals surface area contributed by atoms with Gasteiger partial charge in [-0.2, -0.15) is 0 Å². The minimum absolute atomic E-state index is 0.877. The maximum absolute atomic E-state index is 2.49. The highest BCUT2D eigenvalue weighted by molar-refractivity contribution is 4.85. The lowest BCUT2D eigenvalue weighted by Gasteiger charge is -2.42. The van der Waals surface area contributed by atoms with Crippen LogP contribution in [0.25, 0.3) is 0 Å². The van der Waals surface area contributed by atoms with Gasteiger partial charge in [-0.25, -0.2) is 0 Å². The summed E-state index contributed by atoms with van der Waals surface area (Å²) in [4.78, 5) is 0. The summed E-state index contributed by atoms with van der Waals surface area (Å²) in [5.74, 6) is 4.90. The Labute approximate surface area is 96.8 Å². The Morgan fingerprint density at radius 2 is 1.67 bits per heavy atom. The average Bonchev–Trinajstić information content (AvgIpc) is 2.20. The average molecular weight is 210 g/mol. The second-order valence-electron chi connectivity index (χ2n) is 6.09. The van der Waals surface area contributed by atoms with Crippen LogP contribution in [0.2, 0.25) is 0 Å². The molecule has 1 aliphatic rings. The molecule has 0 aromatic rings. The van der Waals surface area contributed by atoms with Crippen LogP contribution in [-0.2, 0) is 0 Å². The van der Waals surface area contributed by atoms with Crippen molar-refractivity contribution in [1.82, 2.24) is 0 Å². The van der Waals surface area contributed by atoms with Gasteiger partial charge in [-0.3, -0.25) is 0 Å². The van der Waals surface area contributed by atoms with Gasteiger partial charge in [0.2, 0.25) is 0 Å². The topological polar surface area (TPSA) is 0 Å². The van der Waals surface area contributed by atoms with Crippen molar-refractivity contribution in [2.75, 3.05) is 0 Å². The standard InChI is InChI=1S/C15H30/c1-6-13-9-8-12(5)15(10-11(3)4)14(13)7-2/h11-15H,6-10H2,1-5H3. The summed E-state index contributed by atoms with van der Waals surface area (Å²) in [6, 6.07) is 0. The first-order valence-corrected chi connectivity index (χ1v) is 7.10. The third-order valence-corrected chi connectivity index (χ3v) is 4.62. The fourth-order valence-corrected chi connectivity index (χ4v) is 3.77. The molecule has 4 atom stereocenters. The highest BCUT2D eigenvalue weighted by atomic mass is 14.4. The Hall–Kier alpha value is 0. The predicted octanol–water partition coefficient (Wildman–Crippen LogP) is 5.13. The van der Waals surface area contributed by atoms with E-state index < -0.39 is 0 Å². The largest absolute Gasteiger partial charge is 0.0651 e. The Kier molecular flexibility index (Phi) is 5.15. The summed E-state index contributed by atoms with van der Waals surface area (Å²) in [6.07, 6.45) is 7.23. The van der Waals surface area contributed by atoms with Crippen LogP contribution in [0.4, 0.5) is 0 Å². The van der Waals surface area contributed by atoms with Crippen molar-refractivity contribution in [3.8, 4) is 0 Å². The van der Waals surface area contributed by atoms with Crippen molar-refractivity contribution in [3.63, 3.8) is 0 Å². The smallest absolute Gasteiger partial charge is 0.0355 e. The zero-order chi connectivity index (χ0) is 11.4. The first kappa shape index (κ1) is 13.1. The molecule has 1 aliphatic carbocycles. The Balaban J connectivity index is 2.67. The van der Waals surface area contributed by atoms with Gasteiger partial charge in [0.1, 0.15) is 0 Å². The lowest BCUT2D eigenvalue weighted by Crippen LogP contribution is -2.33. The van der Waals surface area contributed by atoms with E-state index in [9.17, 15) is 0 Å². The van der Waals surface area contributed by atoms with E-state index in [1.165, 1.54) is 32.1 Å². The van der Waals surface area contributed by atoms with Crippen LogP contribution in [-0.4, -0.2) is 0 Å². The van der Waals surface area contributed by atoms with E-state index >= 15 is 0 Å². The fraction of sp³-hybridized carbons (Fsp3) is 1.00. The minimum atomic E-state index is 0.877. The molecule has 0 bridgehead atoms. The molecule has 0 saturated heterocycles.